The van der Waals surface area contributed by atoms with Gasteiger partial charge in [0, 0.05) is 17.5 Å². The predicted molar refractivity (Wildman–Crippen MR) is 50.2 cm³/mol. The Hall–Kier alpha value is -1.38. The first-order valence-electron chi connectivity index (χ1n) is 4.48. The fraction of sp³-hybridized carbons (Fsp3) is 0.400. The Balaban J connectivity index is 2.54. The number of rotatable bonds is 0. The normalized spacial score (nSPS) is 18.7. The van der Waals surface area contributed by atoms with Crippen molar-refractivity contribution < 1.29 is 5.21 Å². The summed E-state index contributed by atoms with van der Waals surface area (Å²) in [5, 5.41) is 12.1. The van der Waals surface area contributed by atoms with Gasteiger partial charge < -0.3 is 5.21 Å². The SMILES string of the molecule is Cc1cc2c(cn1)CCC/C2=N\O. The van der Waals surface area contributed by atoms with Gasteiger partial charge in [0.2, 0.25) is 0 Å². The van der Waals surface area contributed by atoms with Crippen LogP contribution in [0.25, 0.3) is 0 Å². The first kappa shape index (κ1) is 8.23. The molecule has 0 unspecified atom stereocenters. The van der Waals surface area contributed by atoms with Crippen molar-refractivity contribution >= 4 is 5.71 Å². The first-order chi connectivity index (χ1) is 6.31. The van der Waals surface area contributed by atoms with Gasteiger partial charge >= 0.3 is 0 Å². The van der Waals surface area contributed by atoms with E-state index in [2.05, 4.69) is 10.1 Å². The molecule has 1 aliphatic rings. The molecule has 3 heteroatoms. The molecule has 68 valence electrons. The van der Waals surface area contributed by atoms with Crippen LogP contribution in [0.1, 0.15) is 29.7 Å². The topological polar surface area (TPSA) is 45.5 Å². The molecule has 0 fully saturated rings. The lowest BCUT2D eigenvalue weighted by Crippen LogP contribution is -2.12. The zero-order valence-electron chi connectivity index (χ0n) is 7.62. The lowest BCUT2D eigenvalue weighted by Gasteiger charge is -2.16. The standard InChI is InChI=1S/C10H12N2O/c1-7-5-9-8(6-11-7)3-2-4-10(9)12-13/h5-6,13H,2-4H2,1H3/b12-10+. The Bertz CT molecular complexity index is 358. The molecular weight excluding hydrogens is 164 g/mol. The van der Waals surface area contributed by atoms with Crippen LogP contribution in [0.15, 0.2) is 17.4 Å². The Labute approximate surface area is 77.1 Å². The Morgan fingerprint density at radius 1 is 1.46 bits per heavy atom. The molecule has 0 saturated heterocycles. The summed E-state index contributed by atoms with van der Waals surface area (Å²) in [6.07, 6.45) is 4.85. The van der Waals surface area contributed by atoms with E-state index in [-0.39, 0.29) is 0 Å². The minimum atomic E-state index is 0.798. The highest BCUT2D eigenvalue weighted by atomic mass is 16.4. The van der Waals surface area contributed by atoms with Crippen molar-refractivity contribution in [1.82, 2.24) is 4.98 Å². The second-order valence-corrected chi connectivity index (χ2v) is 3.38. The van der Waals surface area contributed by atoms with Gasteiger partial charge in [0.15, 0.2) is 0 Å². The average molecular weight is 176 g/mol. The lowest BCUT2D eigenvalue weighted by atomic mass is 9.91. The molecule has 3 nitrogen and oxygen atoms in total. The zero-order valence-corrected chi connectivity index (χ0v) is 7.62. The number of pyridine rings is 1. The largest absolute Gasteiger partial charge is 0.411 e. The number of hydrogen-bond acceptors (Lipinski definition) is 3. The van der Waals surface area contributed by atoms with Crippen molar-refractivity contribution in [3.8, 4) is 0 Å². The van der Waals surface area contributed by atoms with Gasteiger partial charge in [-0.15, -0.1) is 0 Å². The van der Waals surface area contributed by atoms with Crippen molar-refractivity contribution in [2.45, 2.75) is 26.2 Å². The summed E-state index contributed by atoms with van der Waals surface area (Å²) < 4.78 is 0. The minimum absolute atomic E-state index is 0.798. The van der Waals surface area contributed by atoms with Crippen LogP contribution in [0.3, 0.4) is 0 Å². The monoisotopic (exact) mass is 176 g/mol. The van der Waals surface area contributed by atoms with Crippen LogP contribution in [-0.4, -0.2) is 15.9 Å². The van der Waals surface area contributed by atoms with Gasteiger partial charge in [0.05, 0.1) is 5.71 Å². The van der Waals surface area contributed by atoms with E-state index in [1.165, 1.54) is 5.56 Å². The molecule has 1 aromatic rings. The van der Waals surface area contributed by atoms with Gasteiger partial charge in [0.25, 0.3) is 0 Å². The second-order valence-electron chi connectivity index (χ2n) is 3.38. The van der Waals surface area contributed by atoms with Crippen LogP contribution in [0.4, 0.5) is 0 Å². The number of nitrogens with zero attached hydrogens (tertiary/aromatic N) is 2. The van der Waals surface area contributed by atoms with Crippen LogP contribution in [0.5, 0.6) is 0 Å². The average Bonchev–Trinajstić information content (AvgIpc) is 2.17. The Morgan fingerprint density at radius 3 is 3.08 bits per heavy atom. The van der Waals surface area contributed by atoms with E-state index >= 15 is 0 Å². The molecule has 0 atom stereocenters. The molecule has 0 saturated carbocycles. The van der Waals surface area contributed by atoms with Crippen LogP contribution in [0, 0.1) is 6.92 Å². The third kappa shape index (κ3) is 1.41. The fourth-order valence-corrected chi connectivity index (χ4v) is 1.74. The summed E-state index contributed by atoms with van der Waals surface area (Å²) in [7, 11) is 0. The van der Waals surface area contributed by atoms with Crippen molar-refractivity contribution in [3.63, 3.8) is 0 Å². The van der Waals surface area contributed by atoms with Crippen molar-refractivity contribution in [2.24, 2.45) is 5.16 Å². The van der Waals surface area contributed by atoms with E-state index in [1.807, 2.05) is 19.2 Å². The van der Waals surface area contributed by atoms with E-state index in [0.717, 1.165) is 36.2 Å². The highest BCUT2D eigenvalue weighted by Gasteiger charge is 2.15. The quantitative estimate of drug-likeness (QED) is 0.484. The molecule has 1 aliphatic carbocycles. The molecule has 1 N–H and O–H groups in total. The molecular formula is C10H12N2O. The number of aryl methyl sites for hydroxylation is 2. The Morgan fingerprint density at radius 2 is 2.31 bits per heavy atom. The minimum Gasteiger partial charge on any atom is -0.411 e. The van der Waals surface area contributed by atoms with Crippen LogP contribution in [-0.2, 0) is 6.42 Å². The summed E-state index contributed by atoms with van der Waals surface area (Å²) in [6, 6.07) is 1.99. The molecule has 0 radical (unpaired) electrons. The highest BCUT2D eigenvalue weighted by Crippen LogP contribution is 2.21. The van der Waals surface area contributed by atoms with Crippen LogP contribution < -0.4 is 0 Å². The van der Waals surface area contributed by atoms with E-state index < -0.39 is 0 Å². The summed E-state index contributed by atoms with van der Waals surface area (Å²) in [4.78, 5) is 4.22. The van der Waals surface area contributed by atoms with Crippen molar-refractivity contribution in [2.75, 3.05) is 0 Å². The van der Waals surface area contributed by atoms with Gasteiger partial charge in [-0.25, -0.2) is 0 Å². The molecule has 0 aliphatic heterocycles. The molecule has 0 amide bonds. The molecule has 0 spiro atoms. The number of hydrogen-bond donors (Lipinski definition) is 1. The maximum atomic E-state index is 8.80. The first-order valence-corrected chi connectivity index (χ1v) is 4.48. The number of fused-ring (bicyclic) bond motifs is 1. The van der Waals surface area contributed by atoms with Gasteiger partial charge in [-0.2, -0.15) is 0 Å². The third-order valence-electron chi connectivity index (χ3n) is 2.41. The molecule has 1 heterocycles. The van der Waals surface area contributed by atoms with E-state index in [9.17, 15) is 0 Å². The predicted octanol–water partition coefficient (Wildman–Crippen LogP) is 1.90. The summed E-state index contributed by atoms with van der Waals surface area (Å²) in [5.41, 5.74) is 4.04. The second kappa shape index (κ2) is 3.17. The van der Waals surface area contributed by atoms with E-state index in [0.29, 0.717) is 0 Å². The lowest BCUT2D eigenvalue weighted by molar-refractivity contribution is 0.317. The van der Waals surface area contributed by atoms with E-state index in [1.54, 1.807) is 0 Å². The van der Waals surface area contributed by atoms with Gasteiger partial charge in [-0.05, 0) is 37.8 Å². The molecule has 2 rings (SSSR count). The van der Waals surface area contributed by atoms with E-state index in [4.69, 9.17) is 5.21 Å². The zero-order chi connectivity index (χ0) is 9.26. The molecule has 1 aromatic heterocycles. The summed E-state index contributed by atoms with van der Waals surface area (Å²) in [6.45, 7) is 1.95. The van der Waals surface area contributed by atoms with Gasteiger partial charge in [-0.3, -0.25) is 4.98 Å². The smallest absolute Gasteiger partial charge is 0.0871 e. The Kier molecular flexibility index (Phi) is 2.00. The van der Waals surface area contributed by atoms with Crippen molar-refractivity contribution in [1.29, 1.82) is 0 Å². The summed E-state index contributed by atoms with van der Waals surface area (Å²) >= 11 is 0. The molecule has 0 aromatic carbocycles. The molecule has 0 bridgehead atoms. The van der Waals surface area contributed by atoms with Gasteiger partial charge in [0.1, 0.15) is 0 Å². The number of oxime groups is 1. The number of aromatic nitrogens is 1. The maximum absolute atomic E-state index is 8.80. The third-order valence-corrected chi connectivity index (χ3v) is 2.41. The van der Waals surface area contributed by atoms with Crippen LogP contribution >= 0.6 is 0 Å². The highest BCUT2D eigenvalue weighted by molar-refractivity contribution is 6.02. The molecule has 13 heavy (non-hydrogen) atoms. The maximum Gasteiger partial charge on any atom is 0.0871 e. The van der Waals surface area contributed by atoms with Crippen LogP contribution in [0.2, 0.25) is 0 Å². The van der Waals surface area contributed by atoms with Crippen molar-refractivity contribution in [3.05, 3.63) is 29.1 Å². The summed E-state index contributed by atoms with van der Waals surface area (Å²) in [5.74, 6) is 0. The fourth-order valence-electron chi connectivity index (χ4n) is 1.74. The van der Waals surface area contributed by atoms with Gasteiger partial charge in [-0.1, -0.05) is 5.16 Å².